The molecule has 2 saturated heterocycles. The fourth-order valence-electron chi connectivity index (χ4n) is 4.77. The molecule has 3 fully saturated rings. The van der Waals surface area contributed by atoms with Crippen LogP contribution < -0.4 is 5.32 Å². The lowest BCUT2D eigenvalue weighted by Crippen LogP contribution is -2.47. The average molecular weight is 335 g/mol. The first-order valence-corrected chi connectivity index (χ1v) is 10.0. The van der Waals surface area contributed by atoms with Gasteiger partial charge in [0.15, 0.2) is 0 Å². The molecule has 2 amide bonds. The maximum absolute atomic E-state index is 12.2. The molecular formula is C19H33N3O2. The molecule has 0 aromatic carbocycles. The zero-order chi connectivity index (χ0) is 16.8. The van der Waals surface area contributed by atoms with Crippen LogP contribution in [0.25, 0.3) is 0 Å². The molecule has 1 saturated carbocycles. The quantitative estimate of drug-likeness (QED) is 0.757. The smallest absolute Gasteiger partial charge is 0.234 e. The van der Waals surface area contributed by atoms with Gasteiger partial charge in [-0.15, -0.1) is 0 Å². The Morgan fingerprint density at radius 2 is 1.92 bits per heavy atom. The number of fused-ring (bicyclic) bond motifs is 1. The molecule has 0 unspecified atom stereocenters. The number of hydrogen-bond acceptors (Lipinski definition) is 3. The summed E-state index contributed by atoms with van der Waals surface area (Å²) >= 11 is 0. The standard InChI is InChI=1S/C19H33N3O2/c23-18(15-22-13-5-8-16-7-4-9-17(16)22)20-11-6-14-21-12-3-1-2-10-19(21)24/h16-17H,1-15H2,(H,20,23)/t16-,17-/m0/s1. The molecule has 2 aliphatic heterocycles. The van der Waals surface area contributed by atoms with Crippen molar-refractivity contribution in [3.63, 3.8) is 0 Å². The van der Waals surface area contributed by atoms with Crippen molar-refractivity contribution in [2.24, 2.45) is 5.92 Å². The van der Waals surface area contributed by atoms with E-state index in [0.717, 1.165) is 51.2 Å². The van der Waals surface area contributed by atoms with Gasteiger partial charge in [0, 0.05) is 32.1 Å². The van der Waals surface area contributed by atoms with E-state index in [1.807, 2.05) is 4.90 Å². The highest BCUT2D eigenvalue weighted by Crippen LogP contribution is 2.36. The summed E-state index contributed by atoms with van der Waals surface area (Å²) in [5.41, 5.74) is 0. The van der Waals surface area contributed by atoms with E-state index in [-0.39, 0.29) is 5.91 Å². The largest absolute Gasteiger partial charge is 0.355 e. The Bertz CT molecular complexity index is 440. The molecule has 136 valence electrons. The van der Waals surface area contributed by atoms with Crippen LogP contribution in [0.15, 0.2) is 0 Å². The van der Waals surface area contributed by atoms with E-state index < -0.39 is 0 Å². The van der Waals surface area contributed by atoms with Crippen LogP contribution in [-0.2, 0) is 9.59 Å². The van der Waals surface area contributed by atoms with Gasteiger partial charge < -0.3 is 10.2 Å². The van der Waals surface area contributed by atoms with E-state index >= 15 is 0 Å². The van der Waals surface area contributed by atoms with Crippen LogP contribution in [0.5, 0.6) is 0 Å². The molecular weight excluding hydrogens is 302 g/mol. The number of likely N-dealkylation sites (tertiary alicyclic amines) is 2. The molecule has 0 radical (unpaired) electrons. The maximum atomic E-state index is 12.2. The van der Waals surface area contributed by atoms with Gasteiger partial charge in [-0.05, 0) is 57.4 Å². The van der Waals surface area contributed by atoms with Gasteiger partial charge in [0.2, 0.25) is 11.8 Å². The number of hydrogen-bond donors (Lipinski definition) is 1. The predicted octanol–water partition coefficient (Wildman–Crippen LogP) is 2.16. The number of nitrogens with one attached hydrogen (secondary N) is 1. The second-order valence-electron chi connectivity index (χ2n) is 7.77. The molecule has 5 nitrogen and oxygen atoms in total. The van der Waals surface area contributed by atoms with Crippen molar-refractivity contribution in [1.82, 2.24) is 15.1 Å². The molecule has 1 N–H and O–H groups in total. The van der Waals surface area contributed by atoms with Crippen LogP contribution >= 0.6 is 0 Å². The number of nitrogens with zero attached hydrogens (tertiary/aromatic N) is 2. The van der Waals surface area contributed by atoms with Crippen LogP contribution in [0.2, 0.25) is 0 Å². The number of carbonyl (C=O) groups excluding carboxylic acids is 2. The summed E-state index contributed by atoms with van der Waals surface area (Å²) < 4.78 is 0. The first-order valence-electron chi connectivity index (χ1n) is 10.0. The van der Waals surface area contributed by atoms with Crippen LogP contribution in [0, 0.1) is 5.92 Å². The molecule has 0 bridgehead atoms. The minimum Gasteiger partial charge on any atom is -0.355 e. The zero-order valence-electron chi connectivity index (χ0n) is 15.0. The van der Waals surface area contributed by atoms with Crippen molar-refractivity contribution in [2.45, 2.75) is 70.3 Å². The lowest BCUT2D eigenvalue weighted by Gasteiger charge is -2.37. The Morgan fingerprint density at radius 1 is 1.04 bits per heavy atom. The van der Waals surface area contributed by atoms with Gasteiger partial charge in [0.05, 0.1) is 6.54 Å². The molecule has 0 aromatic rings. The van der Waals surface area contributed by atoms with E-state index in [1.54, 1.807) is 0 Å². The molecule has 0 aromatic heterocycles. The zero-order valence-corrected chi connectivity index (χ0v) is 15.0. The predicted molar refractivity (Wildman–Crippen MR) is 94.6 cm³/mol. The first-order chi connectivity index (χ1) is 11.7. The van der Waals surface area contributed by atoms with Crippen LogP contribution in [0.1, 0.15) is 64.2 Å². The van der Waals surface area contributed by atoms with Gasteiger partial charge >= 0.3 is 0 Å². The van der Waals surface area contributed by atoms with Gasteiger partial charge in [-0.3, -0.25) is 14.5 Å². The molecule has 2 heterocycles. The van der Waals surface area contributed by atoms with Gasteiger partial charge in [0.1, 0.15) is 0 Å². The highest BCUT2D eigenvalue weighted by Gasteiger charge is 2.35. The lowest BCUT2D eigenvalue weighted by atomic mass is 9.92. The summed E-state index contributed by atoms with van der Waals surface area (Å²) in [6, 6.07) is 0.652. The van der Waals surface area contributed by atoms with E-state index in [4.69, 9.17) is 0 Å². The van der Waals surface area contributed by atoms with Crippen molar-refractivity contribution >= 4 is 11.8 Å². The SMILES string of the molecule is O=C(CN1CCC[C@@H]2CCC[C@@H]21)NCCCN1CCCCCC1=O. The minimum atomic E-state index is 0.157. The Kier molecular flexibility index (Phi) is 6.52. The van der Waals surface area contributed by atoms with Crippen molar-refractivity contribution < 1.29 is 9.59 Å². The molecule has 5 heteroatoms. The lowest BCUT2D eigenvalue weighted by molar-refractivity contribution is -0.130. The van der Waals surface area contributed by atoms with E-state index in [0.29, 0.717) is 31.5 Å². The summed E-state index contributed by atoms with van der Waals surface area (Å²) in [6.07, 6.45) is 11.4. The molecule has 1 aliphatic carbocycles. The Balaban J connectivity index is 1.33. The van der Waals surface area contributed by atoms with Gasteiger partial charge in [-0.1, -0.05) is 12.8 Å². The third-order valence-corrected chi connectivity index (χ3v) is 6.05. The summed E-state index contributed by atoms with van der Waals surface area (Å²) in [6.45, 7) is 4.00. The second-order valence-corrected chi connectivity index (χ2v) is 7.77. The number of amides is 2. The number of rotatable bonds is 6. The van der Waals surface area contributed by atoms with Gasteiger partial charge in [-0.2, -0.15) is 0 Å². The fourth-order valence-corrected chi connectivity index (χ4v) is 4.77. The normalized spacial score (nSPS) is 28.5. The Morgan fingerprint density at radius 3 is 2.83 bits per heavy atom. The second kappa shape index (κ2) is 8.84. The molecule has 0 spiro atoms. The van der Waals surface area contributed by atoms with Crippen LogP contribution in [-0.4, -0.2) is 60.4 Å². The Hall–Kier alpha value is -1.10. The molecule has 2 atom stereocenters. The minimum absolute atomic E-state index is 0.157. The number of carbonyl (C=O) groups is 2. The fraction of sp³-hybridized carbons (Fsp3) is 0.895. The number of piperidine rings is 1. The molecule has 3 aliphatic rings. The highest BCUT2D eigenvalue weighted by atomic mass is 16.2. The third kappa shape index (κ3) is 4.71. The molecule has 24 heavy (non-hydrogen) atoms. The van der Waals surface area contributed by atoms with E-state index in [2.05, 4.69) is 10.2 Å². The summed E-state index contributed by atoms with van der Waals surface area (Å²) in [7, 11) is 0. The van der Waals surface area contributed by atoms with E-state index in [9.17, 15) is 9.59 Å². The highest BCUT2D eigenvalue weighted by molar-refractivity contribution is 5.78. The average Bonchev–Trinajstić information content (AvgIpc) is 2.97. The topological polar surface area (TPSA) is 52.7 Å². The van der Waals surface area contributed by atoms with Gasteiger partial charge in [0.25, 0.3) is 0 Å². The summed E-state index contributed by atoms with van der Waals surface area (Å²) in [5, 5.41) is 3.06. The maximum Gasteiger partial charge on any atom is 0.234 e. The van der Waals surface area contributed by atoms with E-state index in [1.165, 1.54) is 32.1 Å². The monoisotopic (exact) mass is 335 g/mol. The first kappa shape index (κ1) is 17.7. The van der Waals surface area contributed by atoms with Crippen molar-refractivity contribution in [3.8, 4) is 0 Å². The Labute approximate surface area is 146 Å². The molecule has 3 rings (SSSR count). The van der Waals surface area contributed by atoms with Crippen molar-refractivity contribution in [3.05, 3.63) is 0 Å². The van der Waals surface area contributed by atoms with Gasteiger partial charge in [-0.25, -0.2) is 0 Å². The summed E-state index contributed by atoms with van der Waals surface area (Å²) in [4.78, 5) is 28.6. The van der Waals surface area contributed by atoms with Crippen molar-refractivity contribution in [2.75, 3.05) is 32.7 Å². The third-order valence-electron chi connectivity index (χ3n) is 6.05. The van der Waals surface area contributed by atoms with Crippen LogP contribution in [0.4, 0.5) is 0 Å². The summed E-state index contributed by atoms with van der Waals surface area (Å²) in [5.74, 6) is 1.28. The van der Waals surface area contributed by atoms with Crippen LogP contribution in [0.3, 0.4) is 0 Å². The van der Waals surface area contributed by atoms with Crippen molar-refractivity contribution in [1.29, 1.82) is 0 Å².